The summed E-state index contributed by atoms with van der Waals surface area (Å²) < 4.78 is 0. The molecule has 1 amide bonds. The van der Waals surface area contributed by atoms with Crippen LogP contribution < -0.4 is 0 Å². The molecule has 2 heteroatoms. The molecule has 0 heterocycles. The Morgan fingerprint density at radius 3 is 2.35 bits per heavy atom. The van der Waals surface area contributed by atoms with Crippen LogP contribution in [0.2, 0.25) is 0 Å². The number of amides is 1. The molecule has 0 atom stereocenters. The SMILES string of the molecule is CCN(Cc1ccccc1)C(=O)Cc1cccc(C)c1. The summed E-state index contributed by atoms with van der Waals surface area (Å²) in [6.45, 7) is 5.49. The molecule has 0 aliphatic carbocycles. The monoisotopic (exact) mass is 267 g/mol. The molecule has 0 fully saturated rings. The van der Waals surface area contributed by atoms with Crippen LogP contribution in [0.1, 0.15) is 23.6 Å². The van der Waals surface area contributed by atoms with E-state index >= 15 is 0 Å². The van der Waals surface area contributed by atoms with Crippen molar-refractivity contribution >= 4 is 5.91 Å². The van der Waals surface area contributed by atoms with Crippen LogP contribution in [0.4, 0.5) is 0 Å². The van der Waals surface area contributed by atoms with Crippen molar-refractivity contribution in [3.63, 3.8) is 0 Å². The van der Waals surface area contributed by atoms with E-state index in [-0.39, 0.29) is 5.91 Å². The zero-order chi connectivity index (χ0) is 14.4. The van der Waals surface area contributed by atoms with Crippen LogP contribution in [0.3, 0.4) is 0 Å². The Balaban J connectivity index is 2.02. The van der Waals surface area contributed by atoms with Gasteiger partial charge in [-0.05, 0) is 25.0 Å². The second-order valence-corrected chi connectivity index (χ2v) is 5.06. The maximum Gasteiger partial charge on any atom is 0.227 e. The Bertz CT molecular complexity index is 563. The van der Waals surface area contributed by atoms with Crippen molar-refractivity contribution < 1.29 is 4.79 Å². The number of rotatable bonds is 5. The van der Waals surface area contributed by atoms with Crippen molar-refractivity contribution in [3.05, 3.63) is 71.3 Å². The average molecular weight is 267 g/mol. The number of hydrogen-bond acceptors (Lipinski definition) is 1. The minimum atomic E-state index is 0.182. The summed E-state index contributed by atoms with van der Waals surface area (Å²) >= 11 is 0. The lowest BCUT2D eigenvalue weighted by Crippen LogP contribution is -2.31. The lowest BCUT2D eigenvalue weighted by molar-refractivity contribution is -0.130. The molecule has 0 saturated heterocycles. The second-order valence-electron chi connectivity index (χ2n) is 5.06. The summed E-state index contributed by atoms with van der Waals surface area (Å²) in [7, 11) is 0. The van der Waals surface area contributed by atoms with Crippen molar-refractivity contribution in [3.8, 4) is 0 Å². The smallest absolute Gasteiger partial charge is 0.227 e. The largest absolute Gasteiger partial charge is 0.338 e. The highest BCUT2D eigenvalue weighted by Gasteiger charge is 2.12. The predicted molar refractivity (Wildman–Crippen MR) is 82.4 cm³/mol. The zero-order valence-corrected chi connectivity index (χ0v) is 12.2. The van der Waals surface area contributed by atoms with Gasteiger partial charge in [-0.3, -0.25) is 4.79 Å². The first-order chi connectivity index (χ1) is 9.69. The highest BCUT2D eigenvalue weighted by atomic mass is 16.2. The van der Waals surface area contributed by atoms with E-state index in [2.05, 4.69) is 31.2 Å². The quantitative estimate of drug-likeness (QED) is 0.810. The van der Waals surface area contributed by atoms with Gasteiger partial charge in [0.25, 0.3) is 0 Å². The van der Waals surface area contributed by atoms with Gasteiger partial charge in [0.15, 0.2) is 0 Å². The predicted octanol–water partition coefficient (Wildman–Crippen LogP) is 3.59. The molecule has 0 N–H and O–H groups in total. The molecule has 20 heavy (non-hydrogen) atoms. The molecule has 0 spiro atoms. The first-order valence-electron chi connectivity index (χ1n) is 7.06. The summed E-state index contributed by atoms with van der Waals surface area (Å²) in [6.07, 6.45) is 0.475. The van der Waals surface area contributed by atoms with E-state index in [4.69, 9.17) is 0 Å². The van der Waals surface area contributed by atoms with Crippen LogP contribution in [-0.4, -0.2) is 17.4 Å². The number of carbonyl (C=O) groups excluding carboxylic acids is 1. The fourth-order valence-corrected chi connectivity index (χ4v) is 2.29. The third-order valence-electron chi connectivity index (χ3n) is 3.39. The zero-order valence-electron chi connectivity index (χ0n) is 12.2. The number of nitrogens with zero attached hydrogens (tertiary/aromatic N) is 1. The van der Waals surface area contributed by atoms with Crippen molar-refractivity contribution in [1.82, 2.24) is 4.90 Å². The van der Waals surface area contributed by atoms with Gasteiger partial charge in [-0.25, -0.2) is 0 Å². The van der Waals surface area contributed by atoms with Crippen LogP contribution in [-0.2, 0) is 17.8 Å². The van der Waals surface area contributed by atoms with E-state index in [1.807, 2.05) is 42.2 Å². The summed E-state index contributed by atoms with van der Waals surface area (Å²) in [6, 6.07) is 18.3. The molecule has 0 unspecified atom stereocenters. The summed E-state index contributed by atoms with van der Waals surface area (Å²) in [4.78, 5) is 14.3. The van der Waals surface area contributed by atoms with E-state index in [9.17, 15) is 4.79 Å². The second kappa shape index (κ2) is 6.90. The maximum atomic E-state index is 12.4. The fraction of sp³-hybridized carbons (Fsp3) is 0.278. The van der Waals surface area contributed by atoms with Gasteiger partial charge in [0.2, 0.25) is 5.91 Å². The standard InChI is InChI=1S/C18H21NO/c1-3-19(14-16-9-5-4-6-10-16)18(20)13-17-11-7-8-15(2)12-17/h4-12H,3,13-14H2,1-2H3. The maximum absolute atomic E-state index is 12.4. The molecule has 0 saturated carbocycles. The molecular weight excluding hydrogens is 246 g/mol. The average Bonchev–Trinajstić information content (AvgIpc) is 2.45. The van der Waals surface area contributed by atoms with E-state index in [1.165, 1.54) is 11.1 Å². The molecular formula is C18H21NO. The lowest BCUT2D eigenvalue weighted by Gasteiger charge is -2.21. The number of hydrogen-bond donors (Lipinski definition) is 0. The minimum absolute atomic E-state index is 0.182. The Morgan fingerprint density at radius 2 is 1.70 bits per heavy atom. The molecule has 0 aliphatic heterocycles. The number of likely N-dealkylation sites (N-methyl/N-ethyl adjacent to an activating group) is 1. The van der Waals surface area contributed by atoms with Gasteiger partial charge < -0.3 is 4.90 Å². The first-order valence-corrected chi connectivity index (χ1v) is 7.06. The van der Waals surface area contributed by atoms with E-state index < -0.39 is 0 Å². The third kappa shape index (κ3) is 3.95. The normalized spacial score (nSPS) is 10.3. The van der Waals surface area contributed by atoms with Gasteiger partial charge in [0, 0.05) is 13.1 Å². The van der Waals surface area contributed by atoms with Gasteiger partial charge in [-0.2, -0.15) is 0 Å². The molecule has 2 rings (SSSR count). The lowest BCUT2D eigenvalue weighted by atomic mass is 10.1. The Labute approximate surface area is 121 Å². The third-order valence-corrected chi connectivity index (χ3v) is 3.39. The molecule has 0 aliphatic rings. The molecule has 0 radical (unpaired) electrons. The Morgan fingerprint density at radius 1 is 1.00 bits per heavy atom. The molecule has 2 nitrogen and oxygen atoms in total. The topological polar surface area (TPSA) is 20.3 Å². The van der Waals surface area contributed by atoms with Gasteiger partial charge in [-0.1, -0.05) is 60.2 Å². The molecule has 0 bridgehead atoms. The van der Waals surface area contributed by atoms with Gasteiger partial charge in [0.1, 0.15) is 0 Å². The number of benzene rings is 2. The molecule has 0 aromatic heterocycles. The van der Waals surface area contributed by atoms with E-state index in [1.54, 1.807) is 0 Å². The number of carbonyl (C=O) groups is 1. The highest BCUT2D eigenvalue weighted by Crippen LogP contribution is 2.09. The van der Waals surface area contributed by atoms with E-state index in [0.717, 1.165) is 12.1 Å². The van der Waals surface area contributed by atoms with Crippen LogP contribution in [0.5, 0.6) is 0 Å². The fourth-order valence-electron chi connectivity index (χ4n) is 2.29. The van der Waals surface area contributed by atoms with Crippen molar-refractivity contribution in [1.29, 1.82) is 0 Å². The Kier molecular flexibility index (Phi) is 4.94. The van der Waals surface area contributed by atoms with Crippen LogP contribution in [0, 0.1) is 6.92 Å². The van der Waals surface area contributed by atoms with Gasteiger partial charge >= 0.3 is 0 Å². The van der Waals surface area contributed by atoms with Crippen molar-refractivity contribution in [2.45, 2.75) is 26.8 Å². The van der Waals surface area contributed by atoms with Gasteiger partial charge in [0.05, 0.1) is 6.42 Å². The van der Waals surface area contributed by atoms with Crippen molar-refractivity contribution in [2.75, 3.05) is 6.54 Å². The molecule has 2 aromatic rings. The summed E-state index contributed by atoms with van der Waals surface area (Å²) in [5, 5.41) is 0. The van der Waals surface area contributed by atoms with Crippen LogP contribution >= 0.6 is 0 Å². The summed E-state index contributed by atoms with van der Waals surface area (Å²) in [5.74, 6) is 0.182. The van der Waals surface area contributed by atoms with Crippen LogP contribution in [0.15, 0.2) is 54.6 Å². The summed E-state index contributed by atoms with van der Waals surface area (Å²) in [5.41, 5.74) is 3.45. The number of aryl methyl sites for hydroxylation is 1. The van der Waals surface area contributed by atoms with E-state index in [0.29, 0.717) is 13.0 Å². The minimum Gasteiger partial charge on any atom is -0.338 e. The molecule has 104 valence electrons. The van der Waals surface area contributed by atoms with Crippen LogP contribution in [0.25, 0.3) is 0 Å². The molecule has 2 aromatic carbocycles. The highest BCUT2D eigenvalue weighted by molar-refractivity contribution is 5.78. The van der Waals surface area contributed by atoms with Gasteiger partial charge in [-0.15, -0.1) is 0 Å². The first kappa shape index (κ1) is 14.3. The Hall–Kier alpha value is -2.09. The van der Waals surface area contributed by atoms with Crippen molar-refractivity contribution in [2.24, 2.45) is 0 Å².